The van der Waals surface area contributed by atoms with E-state index in [-0.39, 0.29) is 6.10 Å². The number of hydrogen-bond acceptors (Lipinski definition) is 3. The third kappa shape index (κ3) is 6.41. The average molecular weight is 330 g/mol. The molecule has 3 nitrogen and oxygen atoms in total. The highest BCUT2D eigenvalue weighted by Gasteiger charge is 2.05. The van der Waals surface area contributed by atoms with Crippen molar-refractivity contribution in [1.82, 2.24) is 5.32 Å². The van der Waals surface area contributed by atoms with Crippen LogP contribution in [-0.2, 0) is 11.3 Å². The highest BCUT2D eigenvalue weighted by atomic mass is 79.9. The van der Waals surface area contributed by atoms with Crippen LogP contribution in [0.3, 0.4) is 0 Å². The fourth-order valence-electron chi connectivity index (χ4n) is 1.55. The Hall–Kier alpha value is -0.580. The highest BCUT2D eigenvalue weighted by Crippen LogP contribution is 2.26. The first-order valence-electron chi connectivity index (χ1n) is 6.67. The second-order valence-electron chi connectivity index (χ2n) is 5.15. The molecule has 108 valence electrons. The second-order valence-corrected chi connectivity index (χ2v) is 6.00. The number of benzene rings is 1. The minimum absolute atomic E-state index is 0.0966. The van der Waals surface area contributed by atoms with Gasteiger partial charge < -0.3 is 14.8 Å². The number of rotatable bonds is 8. The Kier molecular flexibility index (Phi) is 7.42. The fraction of sp³-hybridized carbons (Fsp3) is 0.600. The molecule has 0 aliphatic carbocycles. The van der Waals surface area contributed by atoms with E-state index in [1.807, 2.05) is 13.0 Å². The number of halogens is 1. The van der Waals surface area contributed by atoms with Crippen molar-refractivity contribution < 1.29 is 9.47 Å². The van der Waals surface area contributed by atoms with Crippen molar-refractivity contribution in [2.45, 2.75) is 33.4 Å². The van der Waals surface area contributed by atoms with Gasteiger partial charge in [0.1, 0.15) is 12.4 Å². The second kappa shape index (κ2) is 8.56. The topological polar surface area (TPSA) is 30.5 Å². The van der Waals surface area contributed by atoms with Gasteiger partial charge in [0.25, 0.3) is 0 Å². The third-order valence-corrected chi connectivity index (χ3v) is 3.37. The van der Waals surface area contributed by atoms with E-state index in [1.165, 1.54) is 5.56 Å². The monoisotopic (exact) mass is 329 g/mol. The summed E-state index contributed by atoms with van der Waals surface area (Å²) in [4.78, 5) is 0. The molecule has 1 rings (SSSR count). The Morgan fingerprint density at radius 1 is 1.26 bits per heavy atom. The van der Waals surface area contributed by atoms with Crippen LogP contribution < -0.4 is 10.1 Å². The standard InChI is InChI=1S/C15H24BrNO2/c1-11(2)8-17-9-13-5-6-15(14(16)7-13)19-10-12(3)18-4/h5-7,11-12,17H,8-10H2,1-4H3. The maximum Gasteiger partial charge on any atom is 0.133 e. The summed E-state index contributed by atoms with van der Waals surface area (Å²) in [5.74, 6) is 1.53. The minimum Gasteiger partial charge on any atom is -0.490 e. The lowest BCUT2D eigenvalue weighted by atomic mass is 10.2. The van der Waals surface area contributed by atoms with Crippen molar-refractivity contribution in [3.05, 3.63) is 28.2 Å². The quantitative estimate of drug-likeness (QED) is 0.790. The van der Waals surface area contributed by atoms with E-state index >= 15 is 0 Å². The van der Waals surface area contributed by atoms with Crippen LogP contribution in [0.4, 0.5) is 0 Å². The van der Waals surface area contributed by atoms with Gasteiger partial charge in [-0.15, -0.1) is 0 Å². The van der Waals surface area contributed by atoms with Gasteiger partial charge >= 0.3 is 0 Å². The largest absolute Gasteiger partial charge is 0.490 e. The van der Waals surface area contributed by atoms with Gasteiger partial charge in [-0.1, -0.05) is 19.9 Å². The van der Waals surface area contributed by atoms with Crippen LogP contribution in [0.5, 0.6) is 5.75 Å². The van der Waals surface area contributed by atoms with Gasteiger partial charge in [0, 0.05) is 13.7 Å². The Morgan fingerprint density at radius 3 is 2.58 bits per heavy atom. The predicted octanol–water partition coefficient (Wildman–Crippen LogP) is 3.61. The van der Waals surface area contributed by atoms with Crippen LogP contribution in [0.2, 0.25) is 0 Å². The zero-order chi connectivity index (χ0) is 14.3. The van der Waals surface area contributed by atoms with Crippen molar-refractivity contribution in [1.29, 1.82) is 0 Å². The molecule has 0 amide bonds. The van der Waals surface area contributed by atoms with Crippen LogP contribution in [0.25, 0.3) is 0 Å². The Balaban J connectivity index is 2.49. The molecule has 1 aromatic rings. The molecular weight excluding hydrogens is 306 g/mol. The number of ether oxygens (including phenoxy) is 2. The van der Waals surface area contributed by atoms with Crippen LogP contribution in [0.15, 0.2) is 22.7 Å². The lowest BCUT2D eigenvalue weighted by Gasteiger charge is -2.14. The maximum absolute atomic E-state index is 5.69. The van der Waals surface area contributed by atoms with Crippen LogP contribution in [-0.4, -0.2) is 26.4 Å². The summed E-state index contributed by atoms with van der Waals surface area (Å²) in [5.41, 5.74) is 1.25. The lowest BCUT2D eigenvalue weighted by Crippen LogP contribution is -2.19. The lowest BCUT2D eigenvalue weighted by molar-refractivity contribution is 0.0714. The van der Waals surface area contributed by atoms with Gasteiger partial charge in [0.15, 0.2) is 0 Å². The van der Waals surface area contributed by atoms with Crippen molar-refractivity contribution in [2.75, 3.05) is 20.3 Å². The van der Waals surface area contributed by atoms with Gasteiger partial charge in [-0.05, 0) is 53.0 Å². The van der Waals surface area contributed by atoms with Crippen molar-refractivity contribution in [3.63, 3.8) is 0 Å². The fourth-order valence-corrected chi connectivity index (χ4v) is 2.09. The van der Waals surface area contributed by atoms with E-state index in [4.69, 9.17) is 9.47 Å². The number of hydrogen-bond donors (Lipinski definition) is 1. The van der Waals surface area contributed by atoms with E-state index in [1.54, 1.807) is 7.11 Å². The first kappa shape index (κ1) is 16.5. The summed E-state index contributed by atoms with van der Waals surface area (Å²) in [7, 11) is 1.69. The maximum atomic E-state index is 5.69. The molecule has 0 heterocycles. The Labute approximate surface area is 124 Å². The zero-order valence-electron chi connectivity index (χ0n) is 12.2. The van der Waals surface area contributed by atoms with E-state index < -0.39 is 0 Å². The summed E-state index contributed by atoms with van der Waals surface area (Å²) in [6, 6.07) is 6.18. The summed E-state index contributed by atoms with van der Waals surface area (Å²) in [6.45, 7) is 8.86. The molecule has 0 saturated heterocycles. The van der Waals surface area contributed by atoms with Crippen molar-refractivity contribution >= 4 is 15.9 Å². The molecule has 4 heteroatoms. The molecule has 1 atom stereocenters. The number of methoxy groups -OCH3 is 1. The smallest absolute Gasteiger partial charge is 0.133 e. The highest BCUT2D eigenvalue weighted by molar-refractivity contribution is 9.10. The summed E-state index contributed by atoms with van der Waals surface area (Å²) in [6.07, 6.45) is 0.0966. The van der Waals surface area contributed by atoms with Crippen LogP contribution in [0.1, 0.15) is 26.3 Å². The molecule has 0 aromatic heterocycles. The molecule has 0 aliphatic heterocycles. The molecule has 0 fully saturated rings. The van der Waals surface area contributed by atoms with E-state index in [2.05, 4.69) is 47.2 Å². The average Bonchev–Trinajstić information content (AvgIpc) is 2.37. The SMILES string of the molecule is COC(C)COc1ccc(CNCC(C)C)cc1Br. The molecule has 19 heavy (non-hydrogen) atoms. The number of nitrogens with one attached hydrogen (secondary N) is 1. The van der Waals surface area contributed by atoms with Crippen molar-refractivity contribution in [3.8, 4) is 5.75 Å². The molecule has 1 unspecified atom stereocenters. The van der Waals surface area contributed by atoms with Crippen molar-refractivity contribution in [2.24, 2.45) is 5.92 Å². The minimum atomic E-state index is 0.0966. The Morgan fingerprint density at radius 2 is 2.00 bits per heavy atom. The summed E-state index contributed by atoms with van der Waals surface area (Å²) < 4.78 is 11.8. The van der Waals surface area contributed by atoms with Gasteiger partial charge in [0.05, 0.1) is 10.6 Å². The van der Waals surface area contributed by atoms with E-state index in [0.717, 1.165) is 23.3 Å². The molecule has 0 radical (unpaired) electrons. The molecular formula is C15H24BrNO2. The molecule has 1 N–H and O–H groups in total. The first-order valence-corrected chi connectivity index (χ1v) is 7.47. The van der Waals surface area contributed by atoms with Gasteiger partial charge in [-0.25, -0.2) is 0 Å². The molecule has 0 bridgehead atoms. The van der Waals surface area contributed by atoms with E-state index in [9.17, 15) is 0 Å². The molecule has 1 aromatic carbocycles. The summed E-state index contributed by atoms with van der Waals surface area (Å²) in [5, 5.41) is 3.43. The molecule has 0 aliphatic rings. The summed E-state index contributed by atoms with van der Waals surface area (Å²) >= 11 is 3.55. The molecule has 0 spiro atoms. The predicted molar refractivity (Wildman–Crippen MR) is 82.7 cm³/mol. The normalized spacial score (nSPS) is 12.7. The first-order chi connectivity index (χ1) is 9.02. The Bertz CT molecular complexity index is 382. The zero-order valence-corrected chi connectivity index (χ0v) is 13.8. The van der Waals surface area contributed by atoms with Gasteiger partial charge in [-0.2, -0.15) is 0 Å². The van der Waals surface area contributed by atoms with Gasteiger partial charge in [-0.3, -0.25) is 0 Å². The molecule has 0 saturated carbocycles. The van der Waals surface area contributed by atoms with Gasteiger partial charge in [0.2, 0.25) is 0 Å². The third-order valence-electron chi connectivity index (χ3n) is 2.75. The van der Waals surface area contributed by atoms with Crippen LogP contribution in [0, 0.1) is 5.92 Å². The van der Waals surface area contributed by atoms with Crippen LogP contribution >= 0.6 is 15.9 Å². The van der Waals surface area contributed by atoms with E-state index in [0.29, 0.717) is 12.5 Å².